The first-order chi connectivity index (χ1) is 15.1. The number of nitrogens with one attached hydrogen (secondary N) is 3. The van der Waals surface area contributed by atoms with Crippen molar-refractivity contribution in [3.8, 4) is 0 Å². The second-order valence-electron chi connectivity index (χ2n) is 9.25. The molecule has 32 heavy (non-hydrogen) atoms. The minimum atomic E-state index is -0.182. The Bertz CT molecular complexity index is 971. The Kier molecular flexibility index (Phi) is 7.18. The lowest BCUT2D eigenvalue weighted by molar-refractivity contribution is -0.114. The molecule has 1 fully saturated rings. The zero-order chi connectivity index (χ0) is 23.3. The molecule has 0 aromatic heterocycles. The summed E-state index contributed by atoms with van der Waals surface area (Å²) < 4.78 is 0. The molecule has 0 aliphatic carbocycles. The summed E-state index contributed by atoms with van der Waals surface area (Å²) in [4.78, 5) is 38.2. The molecule has 0 unspecified atom stereocenters. The highest BCUT2D eigenvalue weighted by Crippen LogP contribution is 2.24. The normalized spacial score (nSPS) is 14.6. The summed E-state index contributed by atoms with van der Waals surface area (Å²) in [5.74, 6) is -0.364. The zero-order valence-electron chi connectivity index (χ0n) is 19.2. The van der Waals surface area contributed by atoms with E-state index in [1.54, 1.807) is 29.2 Å². The van der Waals surface area contributed by atoms with Crippen LogP contribution in [0.5, 0.6) is 0 Å². The Morgan fingerprint density at radius 3 is 2.16 bits per heavy atom. The average molecular weight is 437 g/mol. The van der Waals surface area contributed by atoms with Crippen LogP contribution in [0.15, 0.2) is 48.5 Å². The molecule has 0 spiro atoms. The number of nitrogens with zero attached hydrogens (tertiary/aromatic N) is 1. The molecule has 1 aliphatic heterocycles. The van der Waals surface area contributed by atoms with Gasteiger partial charge in [0.25, 0.3) is 5.91 Å². The van der Waals surface area contributed by atoms with Gasteiger partial charge in [0, 0.05) is 43.0 Å². The quantitative estimate of drug-likeness (QED) is 0.665. The lowest BCUT2D eigenvalue weighted by atomic mass is 9.87. The molecule has 0 bridgehead atoms. The third-order valence-electron chi connectivity index (χ3n) is 5.56. The van der Waals surface area contributed by atoms with Crippen LogP contribution in [0.25, 0.3) is 0 Å². The first kappa shape index (κ1) is 23.3. The Morgan fingerprint density at radius 2 is 1.56 bits per heavy atom. The van der Waals surface area contributed by atoms with E-state index in [4.69, 9.17) is 0 Å². The monoisotopic (exact) mass is 436 g/mol. The molecule has 3 N–H and O–H groups in total. The number of hydrogen-bond acceptors (Lipinski definition) is 3. The van der Waals surface area contributed by atoms with E-state index < -0.39 is 0 Å². The van der Waals surface area contributed by atoms with Crippen molar-refractivity contribution in [3.05, 3.63) is 59.7 Å². The van der Waals surface area contributed by atoms with Crippen LogP contribution in [0.2, 0.25) is 0 Å². The van der Waals surface area contributed by atoms with E-state index in [2.05, 4.69) is 36.7 Å². The fourth-order valence-electron chi connectivity index (χ4n) is 3.69. The van der Waals surface area contributed by atoms with E-state index in [0.29, 0.717) is 37.2 Å². The average Bonchev–Trinajstić information content (AvgIpc) is 2.73. The van der Waals surface area contributed by atoms with E-state index in [9.17, 15) is 14.4 Å². The highest BCUT2D eigenvalue weighted by atomic mass is 16.2. The minimum Gasteiger partial charge on any atom is -0.349 e. The molecule has 2 aromatic carbocycles. The molecule has 170 valence electrons. The van der Waals surface area contributed by atoms with Gasteiger partial charge in [0.05, 0.1) is 0 Å². The summed E-state index contributed by atoms with van der Waals surface area (Å²) in [6.45, 7) is 9.04. The lowest BCUT2D eigenvalue weighted by Crippen LogP contribution is -2.47. The summed E-state index contributed by atoms with van der Waals surface area (Å²) in [6.07, 6.45) is 1.38. The number of urea groups is 1. The van der Waals surface area contributed by atoms with Crippen LogP contribution >= 0.6 is 0 Å². The fourth-order valence-corrected chi connectivity index (χ4v) is 3.69. The first-order valence-electron chi connectivity index (χ1n) is 11.0. The van der Waals surface area contributed by atoms with Gasteiger partial charge in [-0.1, -0.05) is 39.0 Å². The SMILES string of the molecule is CC(=O)Nc1cccc(C(=O)NC2CCN(C(=O)Nc3ccc(C(C)(C)C)cc3)CC2)c1. The molecule has 0 saturated carbocycles. The van der Waals surface area contributed by atoms with E-state index >= 15 is 0 Å². The van der Waals surface area contributed by atoms with Crippen molar-refractivity contribution < 1.29 is 14.4 Å². The van der Waals surface area contributed by atoms with Crippen LogP contribution in [-0.4, -0.2) is 41.9 Å². The first-order valence-corrected chi connectivity index (χ1v) is 11.0. The third-order valence-corrected chi connectivity index (χ3v) is 5.56. The molecular formula is C25H32N4O3. The Labute approximate surface area is 189 Å². The Morgan fingerprint density at radius 1 is 0.906 bits per heavy atom. The summed E-state index contributed by atoms with van der Waals surface area (Å²) >= 11 is 0. The molecular weight excluding hydrogens is 404 g/mol. The van der Waals surface area contributed by atoms with Gasteiger partial charge in [-0.3, -0.25) is 9.59 Å². The smallest absolute Gasteiger partial charge is 0.321 e. The third kappa shape index (κ3) is 6.33. The molecule has 0 atom stereocenters. The van der Waals surface area contributed by atoms with E-state index in [-0.39, 0.29) is 29.3 Å². The van der Waals surface area contributed by atoms with Crippen LogP contribution in [0, 0.1) is 0 Å². The maximum absolute atomic E-state index is 12.6. The van der Waals surface area contributed by atoms with Gasteiger partial charge < -0.3 is 20.9 Å². The second kappa shape index (κ2) is 9.85. The largest absolute Gasteiger partial charge is 0.349 e. The molecule has 1 saturated heterocycles. The summed E-state index contributed by atoms with van der Waals surface area (Å²) in [7, 11) is 0. The van der Waals surface area contributed by atoms with Gasteiger partial charge in [-0.25, -0.2) is 4.79 Å². The number of benzene rings is 2. The van der Waals surface area contributed by atoms with Crippen LogP contribution in [0.3, 0.4) is 0 Å². The van der Waals surface area contributed by atoms with Crippen molar-refractivity contribution in [1.29, 1.82) is 0 Å². The van der Waals surface area contributed by atoms with Crippen molar-refractivity contribution in [1.82, 2.24) is 10.2 Å². The Hall–Kier alpha value is -3.35. The molecule has 3 rings (SSSR count). The van der Waals surface area contributed by atoms with Crippen LogP contribution in [0.4, 0.5) is 16.2 Å². The van der Waals surface area contributed by atoms with Crippen molar-refractivity contribution in [3.63, 3.8) is 0 Å². The fraction of sp³-hybridized carbons (Fsp3) is 0.400. The maximum Gasteiger partial charge on any atom is 0.321 e. The standard InChI is InChI=1S/C25H32N4O3/c1-17(30)26-22-7-5-6-18(16-22)23(31)27-21-12-14-29(15-13-21)24(32)28-20-10-8-19(9-11-20)25(2,3)4/h5-11,16,21H,12-15H2,1-4H3,(H,26,30)(H,27,31)(H,28,32). The highest BCUT2D eigenvalue weighted by molar-refractivity contribution is 5.97. The molecule has 7 nitrogen and oxygen atoms in total. The van der Waals surface area contributed by atoms with Gasteiger partial charge in [-0.15, -0.1) is 0 Å². The van der Waals surface area contributed by atoms with Crippen LogP contribution < -0.4 is 16.0 Å². The number of carbonyl (C=O) groups excluding carboxylic acids is 3. The minimum absolute atomic E-state index is 0.00189. The summed E-state index contributed by atoms with van der Waals surface area (Å²) in [6, 6.07) is 14.7. The Balaban J connectivity index is 1.49. The number of likely N-dealkylation sites (tertiary alicyclic amines) is 1. The highest BCUT2D eigenvalue weighted by Gasteiger charge is 2.24. The van der Waals surface area contributed by atoms with Gasteiger partial charge in [0.15, 0.2) is 0 Å². The molecule has 1 heterocycles. The van der Waals surface area contributed by atoms with Gasteiger partial charge in [-0.2, -0.15) is 0 Å². The predicted molar refractivity (Wildman–Crippen MR) is 127 cm³/mol. The number of piperidine rings is 1. The van der Waals surface area contributed by atoms with Gasteiger partial charge in [0.2, 0.25) is 5.91 Å². The summed E-state index contributed by atoms with van der Waals surface area (Å²) in [5.41, 5.74) is 3.15. The number of hydrogen-bond donors (Lipinski definition) is 3. The van der Waals surface area contributed by atoms with Gasteiger partial charge in [0.1, 0.15) is 0 Å². The second-order valence-corrected chi connectivity index (χ2v) is 9.25. The number of amides is 4. The van der Waals surface area contributed by atoms with E-state index in [1.165, 1.54) is 12.5 Å². The van der Waals surface area contributed by atoms with Gasteiger partial charge >= 0.3 is 6.03 Å². The van der Waals surface area contributed by atoms with Gasteiger partial charge in [-0.05, 0) is 54.2 Å². The topological polar surface area (TPSA) is 90.5 Å². The number of anilines is 2. The molecule has 1 aliphatic rings. The molecule has 2 aromatic rings. The predicted octanol–water partition coefficient (Wildman–Crippen LogP) is 4.37. The zero-order valence-corrected chi connectivity index (χ0v) is 19.2. The van der Waals surface area contributed by atoms with E-state index in [1.807, 2.05) is 24.3 Å². The summed E-state index contributed by atoms with van der Waals surface area (Å²) in [5, 5.41) is 8.68. The van der Waals surface area contributed by atoms with Crippen molar-refractivity contribution >= 4 is 29.2 Å². The lowest BCUT2D eigenvalue weighted by Gasteiger charge is -2.32. The van der Waals surface area contributed by atoms with Crippen LogP contribution in [0.1, 0.15) is 56.5 Å². The van der Waals surface area contributed by atoms with Crippen molar-refractivity contribution in [2.75, 3.05) is 23.7 Å². The molecule has 4 amide bonds. The number of carbonyl (C=O) groups is 3. The van der Waals surface area contributed by atoms with E-state index in [0.717, 1.165) is 5.69 Å². The molecule has 7 heteroatoms. The van der Waals surface area contributed by atoms with Crippen molar-refractivity contribution in [2.24, 2.45) is 0 Å². The molecule has 0 radical (unpaired) electrons. The maximum atomic E-state index is 12.6. The van der Waals surface area contributed by atoms with Crippen molar-refractivity contribution in [2.45, 2.75) is 52.0 Å². The van der Waals surface area contributed by atoms with Crippen LogP contribution in [-0.2, 0) is 10.2 Å². The number of rotatable bonds is 4.